The third-order valence-electron chi connectivity index (χ3n) is 8.59. The summed E-state index contributed by atoms with van der Waals surface area (Å²) >= 11 is 0. The van der Waals surface area contributed by atoms with Crippen molar-refractivity contribution >= 4 is 22.9 Å². The lowest BCUT2D eigenvalue weighted by Gasteiger charge is -2.36. The molecule has 2 heterocycles. The van der Waals surface area contributed by atoms with Gasteiger partial charge >= 0.3 is 0 Å². The molecule has 1 saturated heterocycles. The normalized spacial score (nSPS) is 21.3. The molecular formula is C31H41F2N5O2. The number of aliphatic hydroxyl groups is 1. The molecule has 1 aliphatic heterocycles. The van der Waals surface area contributed by atoms with Crippen LogP contribution >= 0.6 is 0 Å². The van der Waals surface area contributed by atoms with Gasteiger partial charge in [-0.3, -0.25) is 19.9 Å². The number of hydrogen-bond donors (Lipinski definition) is 2. The number of anilines is 1. The van der Waals surface area contributed by atoms with Crippen molar-refractivity contribution in [3.05, 3.63) is 59.2 Å². The molecular weight excluding hydrogens is 512 g/mol. The van der Waals surface area contributed by atoms with Crippen LogP contribution in [-0.2, 0) is 12.5 Å². The van der Waals surface area contributed by atoms with Gasteiger partial charge in [0.05, 0.1) is 11.0 Å². The molecule has 2 aromatic carbocycles. The summed E-state index contributed by atoms with van der Waals surface area (Å²) in [5, 5.41) is 12.6. The molecule has 3 aromatic rings. The van der Waals surface area contributed by atoms with Crippen LogP contribution in [-0.4, -0.2) is 69.2 Å². The second kappa shape index (κ2) is 11.9. The lowest BCUT2D eigenvalue weighted by molar-refractivity contribution is 0.0174. The Morgan fingerprint density at radius 3 is 2.45 bits per heavy atom. The third-order valence-corrected chi connectivity index (χ3v) is 8.59. The summed E-state index contributed by atoms with van der Waals surface area (Å²) in [6.07, 6.45) is 3.56. The Bertz CT molecular complexity index is 1320. The van der Waals surface area contributed by atoms with Crippen LogP contribution in [0, 0.1) is 5.92 Å². The lowest BCUT2D eigenvalue weighted by atomic mass is 9.86. The number of nitrogens with one attached hydrogen (secondary N) is 1. The number of aliphatic hydroxyl groups excluding tert-OH is 1. The average molecular weight is 554 g/mol. The molecule has 1 amide bonds. The van der Waals surface area contributed by atoms with Gasteiger partial charge in [0, 0.05) is 69.5 Å². The van der Waals surface area contributed by atoms with E-state index in [0.717, 1.165) is 76.4 Å². The predicted molar refractivity (Wildman–Crippen MR) is 154 cm³/mol. The Hall–Kier alpha value is -2.88. The summed E-state index contributed by atoms with van der Waals surface area (Å²) in [4.78, 5) is 23.1. The Labute approximate surface area is 235 Å². The quantitative estimate of drug-likeness (QED) is 0.377. The van der Waals surface area contributed by atoms with Crippen LogP contribution in [0.25, 0.3) is 11.0 Å². The fourth-order valence-electron chi connectivity index (χ4n) is 6.09. The molecule has 0 spiro atoms. The van der Waals surface area contributed by atoms with Crippen molar-refractivity contribution in [1.82, 2.24) is 19.4 Å². The van der Waals surface area contributed by atoms with Crippen molar-refractivity contribution in [2.24, 2.45) is 5.92 Å². The minimum Gasteiger partial charge on any atom is -0.396 e. The molecule has 1 aromatic heterocycles. The molecule has 9 heteroatoms. The second-order valence-electron chi connectivity index (χ2n) is 11.8. The number of piperazine rings is 1. The number of carbonyl (C=O) groups is 1. The number of amides is 1. The van der Waals surface area contributed by atoms with Gasteiger partial charge in [-0.05, 0) is 75.3 Å². The first kappa shape index (κ1) is 28.6. The minimum absolute atomic E-state index is 0.129. The van der Waals surface area contributed by atoms with Crippen LogP contribution in [0.4, 0.5) is 14.7 Å². The summed E-state index contributed by atoms with van der Waals surface area (Å²) in [6.45, 7) is 10.5. The first-order valence-corrected chi connectivity index (χ1v) is 14.5. The highest BCUT2D eigenvalue weighted by atomic mass is 19.3. The molecule has 5 rings (SSSR count). The maximum atomic E-state index is 13.9. The molecule has 40 heavy (non-hydrogen) atoms. The van der Waals surface area contributed by atoms with E-state index in [1.54, 1.807) is 6.07 Å². The zero-order chi connectivity index (χ0) is 28.4. The van der Waals surface area contributed by atoms with Gasteiger partial charge in [-0.25, -0.2) is 13.8 Å². The van der Waals surface area contributed by atoms with Crippen LogP contribution in [0.5, 0.6) is 0 Å². The maximum Gasteiger partial charge on any atom is 0.270 e. The van der Waals surface area contributed by atoms with E-state index < -0.39 is 11.8 Å². The number of fused-ring (bicyclic) bond motifs is 1. The molecule has 0 radical (unpaired) electrons. The van der Waals surface area contributed by atoms with Gasteiger partial charge in [0.2, 0.25) is 5.95 Å². The molecule has 216 valence electrons. The number of nitrogens with zero attached hydrogens (tertiary/aromatic N) is 4. The van der Waals surface area contributed by atoms with Crippen molar-refractivity contribution in [2.45, 2.75) is 71.0 Å². The highest BCUT2D eigenvalue weighted by Crippen LogP contribution is 2.37. The molecule has 0 bridgehead atoms. The number of rotatable bonds is 8. The van der Waals surface area contributed by atoms with Crippen molar-refractivity contribution < 1.29 is 18.7 Å². The van der Waals surface area contributed by atoms with Crippen molar-refractivity contribution in [2.75, 3.05) is 38.1 Å². The van der Waals surface area contributed by atoms with Gasteiger partial charge in [0.15, 0.2) is 0 Å². The number of imidazole rings is 1. The number of carbonyl (C=O) groups excluding carboxylic acids is 1. The molecule has 1 saturated carbocycles. The van der Waals surface area contributed by atoms with Gasteiger partial charge in [-0.2, -0.15) is 0 Å². The minimum atomic E-state index is -3.04. The van der Waals surface area contributed by atoms with Gasteiger partial charge in [-0.1, -0.05) is 18.2 Å². The first-order chi connectivity index (χ1) is 19.1. The topological polar surface area (TPSA) is 73.6 Å². The smallest absolute Gasteiger partial charge is 0.270 e. The Morgan fingerprint density at radius 2 is 1.80 bits per heavy atom. The zero-order valence-electron chi connectivity index (χ0n) is 23.7. The van der Waals surface area contributed by atoms with Gasteiger partial charge in [0.1, 0.15) is 0 Å². The van der Waals surface area contributed by atoms with Gasteiger partial charge in [0.25, 0.3) is 11.8 Å². The van der Waals surface area contributed by atoms with E-state index in [1.165, 1.54) is 23.8 Å². The van der Waals surface area contributed by atoms with E-state index >= 15 is 0 Å². The van der Waals surface area contributed by atoms with E-state index in [1.807, 2.05) is 0 Å². The van der Waals surface area contributed by atoms with Crippen LogP contribution in [0.15, 0.2) is 42.5 Å². The van der Waals surface area contributed by atoms with E-state index in [-0.39, 0.29) is 23.8 Å². The Morgan fingerprint density at radius 1 is 1.07 bits per heavy atom. The summed E-state index contributed by atoms with van der Waals surface area (Å²) < 4.78 is 29.9. The molecule has 7 nitrogen and oxygen atoms in total. The van der Waals surface area contributed by atoms with Crippen molar-refractivity contribution in [3.63, 3.8) is 0 Å². The highest BCUT2D eigenvalue weighted by molar-refractivity contribution is 6.04. The van der Waals surface area contributed by atoms with Crippen molar-refractivity contribution in [1.29, 1.82) is 0 Å². The molecule has 0 atom stereocenters. The second-order valence-corrected chi connectivity index (χ2v) is 11.8. The lowest BCUT2D eigenvalue weighted by Crippen LogP contribution is -2.48. The summed E-state index contributed by atoms with van der Waals surface area (Å²) in [6, 6.07) is 12.6. The predicted octanol–water partition coefficient (Wildman–Crippen LogP) is 5.65. The van der Waals surface area contributed by atoms with E-state index in [9.17, 15) is 18.7 Å². The molecule has 2 N–H and O–H groups in total. The first-order valence-electron chi connectivity index (χ1n) is 14.5. The fraction of sp³-hybridized carbons (Fsp3) is 0.548. The highest BCUT2D eigenvalue weighted by Gasteiger charge is 2.28. The number of aromatic nitrogens is 2. The largest absolute Gasteiger partial charge is 0.396 e. The van der Waals surface area contributed by atoms with Crippen LogP contribution in [0.2, 0.25) is 0 Å². The summed E-state index contributed by atoms with van der Waals surface area (Å²) in [5.74, 6) is -2.77. The SMILES string of the molecule is CC(C)N1CCN(Cc2ccc3c(c2)nc(NC(=O)c2cccc(C(C)(F)F)c2)n3[C@H]2CC[C@@H](CO)CC2)CC1. The summed E-state index contributed by atoms with van der Waals surface area (Å²) in [5.41, 5.74) is 2.91. The van der Waals surface area contributed by atoms with Crippen LogP contribution in [0.3, 0.4) is 0 Å². The Kier molecular flexibility index (Phi) is 8.54. The van der Waals surface area contributed by atoms with Crippen molar-refractivity contribution in [3.8, 4) is 0 Å². The van der Waals surface area contributed by atoms with Crippen LogP contribution in [0.1, 0.15) is 74.0 Å². The third kappa shape index (κ3) is 6.37. The van der Waals surface area contributed by atoms with Crippen LogP contribution < -0.4 is 5.32 Å². The van der Waals surface area contributed by atoms with E-state index in [2.05, 4.69) is 51.7 Å². The van der Waals surface area contributed by atoms with E-state index in [0.29, 0.717) is 17.9 Å². The van der Waals surface area contributed by atoms with Gasteiger partial charge < -0.3 is 9.67 Å². The van der Waals surface area contributed by atoms with E-state index in [4.69, 9.17) is 4.98 Å². The molecule has 2 aliphatic rings. The average Bonchev–Trinajstić information content (AvgIpc) is 3.29. The Balaban J connectivity index is 1.41. The number of halogens is 2. The number of hydrogen-bond acceptors (Lipinski definition) is 5. The fourth-order valence-corrected chi connectivity index (χ4v) is 6.09. The monoisotopic (exact) mass is 553 g/mol. The number of alkyl halides is 2. The molecule has 0 unspecified atom stereocenters. The maximum absolute atomic E-state index is 13.9. The molecule has 2 fully saturated rings. The summed E-state index contributed by atoms with van der Waals surface area (Å²) in [7, 11) is 0. The molecule has 1 aliphatic carbocycles. The number of benzene rings is 2. The standard InChI is InChI=1S/C31H41F2N5O2/c1-21(2)37-15-13-36(14-16-37)19-23-9-12-28-27(17-23)34-30(38(28)26-10-7-22(20-39)8-11-26)35-29(40)24-5-4-6-25(18-24)31(3,32)33/h4-6,9,12,17-18,21-22,26,39H,7-8,10-11,13-16,19-20H2,1-3H3,(H,34,35,40)/t22-,26+. The van der Waals surface area contributed by atoms with Gasteiger partial charge in [-0.15, -0.1) is 0 Å². The zero-order valence-corrected chi connectivity index (χ0v) is 23.7.